The fourth-order valence-corrected chi connectivity index (χ4v) is 2.38. The summed E-state index contributed by atoms with van der Waals surface area (Å²) < 4.78 is 5.38. The van der Waals surface area contributed by atoms with E-state index in [0.29, 0.717) is 23.7 Å². The summed E-state index contributed by atoms with van der Waals surface area (Å²) in [4.78, 5) is 33.3. The third-order valence-electron chi connectivity index (χ3n) is 3.72. The molecule has 122 valence electrons. The molecule has 0 saturated carbocycles. The number of hydrogen-bond acceptors (Lipinski definition) is 6. The Hall–Kier alpha value is -3.02. The quantitative estimate of drug-likeness (QED) is 0.932. The molecule has 1 aromatic carbocycles. The Bertz CT molecular complexity index is 855. The maximum atomic E-state index is 12.6. The molecule has 0 aliphatic heterocycles. The Morgan fingerprint density at radius 2 is 1.62 bits per heavy atom. The van der Waals surface area contributed by atoms with Gasteiger partial charge in [-0.05, 0) is 45.0 Å². The first kappa shape index (κ1) is 15.9. The van der Waals surface area contributed by atoms with E-state index in [0.717, 1.165) is 5.75 Å². The second-order valence-corrected chi connectivity index (χ2v) is 5.43. The number of aryl methyl sites for hydroxylation is 2. The summed E-state index contributed by atoms with van der Waals surface area (Å²) in [5.74, 6) is 0.0770. The highest BCUT2D eigenvalue weighted by atomic mass is 16.5. The van der Waals surface area contributed by atoms with Crippen LogP contribution in [-0.2, 0) is 0 Å². The molecular formula is C18H17N3O3. The van der Waals surface area contributed by atoms with E-state index in [1.165, 1.54) is 6.08 Å². The molecule has 0 unspecified atom stereocenters. The zero-order valence-electron chi connectivity index (χ0n) is 13.7. The highest BCUT2D eigenvalue weighted by Gasteiger charge is 2.29. The molecule has 6 nitrogen and oxygen atoms in total. The highest BCUT2D eigenvalue weighted by molar-refractivity contribution is 6.23. The number of anilines is 1. The van der Waals surface area contributed by atoms with Crippen molar-refractivity contribution < 1.29 is 14.3 Å². The lowest BCUT2D eigenvalue weighted by molar-refractivity contribution is 0.0977. The average Bonchev–Trinajstić information content (AvgIpc) is 2.56. The van der Waals surface area contributed by atoms with E-state index in [-0.39, 0.29) is 28.7 Å². The van der Waals surface area contributed by atoms with Crippen LogP contribution in [0.3, 0.4) is 0 Å². The van der Waals surface area contributed by atoms with E-state index in [1.807, 2.05) is 6.92 Å². The summed E-state index contributed by atoms with van der Waals surface area (Å²) in [5.41, 5.74) is 2.36. The van der Waals surface area contributed by atoms with Crippen LogP contribution in [0.15, 0.2) is 36.0 Å². The van der Waals surface area contributed by atoms with Gasteiger partial charge in [-0.2, -0.15) is 0 Å². The zero-order valence-corrected chi connectivity index (χ0v) is 13.7. The molecule has 0 spiro atoms. The van der Waals surface area contributed by atoms with E-state index in [4.69, 9.17) is 4.74 Å². The predicted octanol–water partition coefficient (Wildman–Crippen LogP) is 2.87. The molecule has 0 radical (unpaired) electrons. The van der Waals surface area contributed by atoms with Gasteiger partial charge in [0, 0.05) is 11.8 Å². The Labute approximate surface area is 139 Å². The molecule has 0 bridgehead atoms. The van der Waals surface area contributed by atoms with Crippen molar-refractivity contribution in [3.63, 3.8) is 0 Å². The fourth-order valence-electron chi connectivity index (χ4n) is 2.38. The van der Waals surface area contributed by atoms with Gasteiger partial charge in [0.2, 0.25) is 11.6 Å². The van der Waals surface area contributed by atoms with Crippen molar-refractivity contribution >= 4 is 17.3 Å². The van der Waals surface area contributed by atoms with Crippen molar-refractivity contribution in [2.75, 3.05) is 11.9 Å². The number of ketones is 2. The molecule has 1 aliphatic rings. The van der Waals surface area contributed by atoms with Crippen LogP contribution >= 0.6 is 0 Å². The maximum Gasteiger partial charge on any atom is 0.230 e. The van der Waals surface area contributed by atoms with Gasteiger partial charge in [0.25, 0.3) is 0 Å². The minimum absolute atomic E-state index is 0.0963. The number of nitrogens with zero attached hydrogens (tertiary/aromatic N) is 2. The van der Waals surface area contributed by atoms with E-state index in [9.17, 15) is 9.59 Å². The van der Waals surface area contributed by atoms with Crippen LogP contribution in [-0.4, -0.2) is 28.1 Å². The summed E-state index contributed by atoms with van der Waals surface area (Å²) in [6, 6.07) is 7.15. The molecule has 0 atom stereocenters. The Morgan fingerprint density at radius 3 is 2.25 bits per heavy atom. The molecule has 1 N–H and O–H groups in total. The number of carbonyl (C=O) groups is 2. The number of Topliss-reactive ketones (excluding diaryl/α,β-unsaturated/α-hetero) is 1. The summed E-state index contributed by atoms with van der Waals surface area (Å²) in [5, 5.41) is 2.97. The fraction of sp³-hybridized carbons (Fsp3) is 0.222. The van der Waals surface area contributed by atoms with E-state index in [1.54, 1.807) is 38.1 Å². The molecule has 1 aromatic heterocycles. The summed E-state index contributed by atoms with van der Waals surface area (Å²) in [7, 11) is 0. The molecule has 1 aliphatic carbocycles. The van der Waals surface area contributed by atoms with Crippen molar-refractivity contribution in [2.45, 2.75) is 20.8 Å². The van der Waals surface area contributed by atoms with E-state index >= 15 is 0 Å². The van der Waals surface area contributed by atoms with Gasteiger partial charge in [0.1, 0.15) is 17.1 Å². The van der Waals surface area contributed by atoms with E-state index in [2.05, 4.69) is 15.3 Å². The molecule has 0 fully saturated rings. The lowest BCUT2D eigenvalue weighted by Gasteiger charge is -2.16. The molecule has 24 heavy (non-hydrogen) atoms. The van der Waals surface area contributed by atoms with E-state index < -0.39 is 0 Å². The van der Waals surface area contributed by atoms with Crippen molar-refractivity contribution in [1.29, 1.82) is 0 Å². The molecule has 3 rings (SSSR count). The first-order valence-corrected chi connectivity index (χ1v) is 7.65. The number of benzene rings is 1. The number of rotatable bonds is 4. The summed E-state index contributed by atoms with van der Waals surface area (Å²) in [6.45, 7) is 6.01. The van der Waals surface area contributed by atoms with Crippen molar-refractivity contribution in [1.82, 2.24) is 9.97 Å². The standard InChI is InChI=1S/C18H17N3O3/c1-4-24-13-7-5-12(6-8-13)21-14-9-15(22)16-17(18(14)23)20-11(3)10(2)19-16/h5-9,21H,4H2,1-3H3. The first-order chi connectivity index (χ1) is 11.5. The number of hydrogen-bond donors (Lipinski definition) is 1. The molecular weight excluding hydrogens is 306 g/mol. The first-order valence-electron chi connectivity index (χ1n) is 7.65. The van der Waals surface area contributed by atoms with Crippen molar-refractivity contribution in [3.8, 4) is 5.75 Å². The average molecular weight is 323 g/mol. The van der Waals surface area contributed by atoms with Crippen molar-refractivity contribution in [2.24, 2.45) is 0 Å². The predicted molar refractivity (Wildman–Crippen MR) is 89.5 cm³/mol. The number of ether oxygens (including phenoxy) is 1. The monoisotopic (exact) mass is 323 g/mol. The topological polar surface area (TPSA) is 81.2 Å². The second kappa shape index (κ2) is 6.23. The van der Waals surface area contributed by atoms with Crippen LogP contribution in [0.4, 0.5) is 5.69 Å². The number of allylic oxidation sites excluding steroid dienone is 2. The largest absolute Gasteiger partial charge is 0.494 e. The van der Waals surface area contributed by atoms with Gasteiger partial charge in [-0.1, -0.05) is 0 Å². The maximum absolute atomic E-state index is 12.6. The van der Waals surface area contributed by atoms with Gasteiger partial charge in [0.15, 0.2) is 0 Å². The Balaban J connectivity index is 1.88. The van der Waals surface area contributed by atoms with Crippen LogP contribution in [0.5, 0.6) is 5.75 Å². The number of nitrogens with one attached hydrogen (secondary N) is 1. The number of carbonyl (C=O) groups excluding carboxylic acids is 2. The van der Waals surface area contributed by atoms with Crippen LogP contribution in [0.25, 0.3) is 0 Å². The van der Waals surface area contributed by atoms with Crippen LogP contribution < -0.4 is 10.1 Å². The third-order valence-corrected chi connectivity index (χ3v) is 3.72. The summed E-state index contributed by atoms with van der Waals surface area (Å²) in [6.07, 6.45) is 1.27. The van der Waals surface area contributed by atoms with Crippen LogP contribution in [0.1, 0.15) is 39.3 Å². The van der Waals surface area contributed by atoms with Gasteiger partial charge in [-0.3, -0.25) is 9.59 Å². The smallest absolute Gasteiger partial charge is 0.230 e. The Morgan fingerprint density at radius 1 is 1.00 bits per heavy atom. The van der Waals surface area contributed by atoms with Gasteiger partial charge < -0.3 is 10.1 Å². The Kier molecular flexibility index (Phi) is 4.12. The number of fused-ring (bicyclic) bond motifs is 1. The van der Waals surface area contributed by atoms with Crippen molar-refractivity contribution in [3.05, 3.63) is 58.8 Å². The molecule has 6 heteroatoms. The summed E-state index contributed by atoms with van der Waals surface area (Å²) >= 11 is 0. The second-order valence-electron chi connectivity index (χ2n) is 5.43. The minimum Gasteiger partial charge on any atom is -0.494 e. The molecule has 0 saturated heterocycles. The third kappa shape index (κ3) is 2.90. The van der Waals surface area contributed by atoms with Gasteiger partial charge >= 0.3 is 0 Å². The van der Waals surface area contributed by atoms with Gasteiger partial charge in [-0.15, -0.1) is 0 Å². The molecule has 1 heterocycles. The van der Waals surface area contributed by atoms with Gasteiger partial charge in [0.05, 0.1) is 23.7 Å². The zero-order chi connectivity index (χ0) is 17.3. The minimum atomic E-state index is -0.339. The lowest BCUT2D eigenvalue weighted by atomic mass is 10.0. The van der Waals surface area contributed by atoms with Gasteiger partial charge in [-0.25, -0.2) is 9.97 Å². The van der Waals surface area contributed by atoms with Crippen LogP contribution in [0, 0.1) is 13.8 Å². The SMILES string of the molecule is CCOc1ccc(NC2=CC(=O)c3nc(C)c(C)nc3C2=O)cc1. The molecule has 0 amide bonds. The van der Waals surface area contributed by atoms with Crippen LogP contribution in [0.2, 0.25) is 0 Å². The lowest BCUT2D eigenvalue weighted by Crippen LogP contribution is -2.25. The highest BCUT2D eigenvalue weighted by Crippen LogP contribution is 2.23. The number of aromatic nitrogens is 2. The molecule has 2 aromatic rings. The normalized spacial score (nSPS) is 13.4.